The highest BCUT2D eigenvalue weighted by Gasteiger charge is 2.53. The summed E-state index contributed by atoms with van der Waals surface area (Å²) >= 11 is 0. The summed E-state index contributed by atoms with van der Waals surface area (Å²) in [5, 5.41) is 0. The fraction of sp³-hybridized carbons (Fsp3) is 0.252. The van der Waals surface area contributed by atoms with Gasteiger partial charge < -0.3 is 18.6 Å². The van der Waals surface area contributed by atoms with Crippen LogP contribution in [0.1, 0.15) is 239 Å². The van der Waals surface area contributed by atoms with Gasteiger partial charge in [-0.3, -0.25) is 4.90 Å². The Morgan fingerprint density at radius 1 is 0.310 bits per heavy atom. The Morgan fingerprint density at radius 3 is 1.36 bits per heavy atom. The van der Waals surface area contributed by atoms with Crippen molar-refractivity contribution in [1.29, 1.82) is 0 Å². The minimum atomic E-state index is -0.262. The number of hydrogen-bond acceptors (Lipinski definition) is 5. The summed E-state index contributed by atoms with van der Waals surface area (Å²) in [4.78, 5) is 7.42. The lowest BCUT2D eigenvalue weighted by atomic mass is 9.30. The number of fused-ring (bicyclic) bond motifs is 11. The quantitative estimate of drug-likeness (QED) is 0.101. The molecule has 0 saturated heterocycles. The molecular weight excluding hydrogens is 1560 g/mol. The van der Waals surface area contributed by atoms with Crippen molar-refractivity contribution < 1.29 is 8.83 Å². The van der Waals surface area contributed by atoms with Gasteiger partial charge in [-0.2, -0.15) is 0 Å². The Balaban J connectivity index is 0.000000168. The maximum absolute atomic E-state index is 7.54. The molecule has 16 aromatic rings. The van der Waals surface area contributed by atoms with Crippen LogP contribution >= 0.6 is 0 Å². The SMILES string of the molecule is Cc1cc(N(c2ccc(C(C)(C)C)cc2)c2cc3c(o2)-c2ccccc2C3(C)C)cc(N(c2cccc(C(C)(C)c3ccccc3)c2)c2ccc(C(C)(C)C)cc2-c2ccccc2)c1.Cc1cc2c3c(c1)N(c1ccc(C(C)(C)C)cc1-c1ccccc1)c1cc(C(C)(C)c4ccccc4)ccc1B3c1c(oc3c1C(C)(C)c1ccccc1-3)C2c1ccc(C(C)(C)C)cc1. The molecule has 1 atom stereocenters. The summed E-state index contributed by atoms with van der Waals surface area (Å²) in [7, 11) is 0. The van der Waals surface area contributed by atoms with Gasteiger partial charge in [0.25, 0.3) is 6.71 Å². The number of nitrogens with zero attached hydrogens (tertiary/aromatic N) is 3. The van der Waals surface area contributed by atoms with Gasteiger partial charge in [-0.1, -0.05) is 387 Å². The molecule has 4 aliphatic rings. The van der Waals surface area contributed by atoms with E-state index in [1.54, 1.807) is 0 Å². The van der Waals surface area contributed by atoms with Gasteiger partial charge in [0.15, 0.2) is 0 Å². The number of benzene rings is 14. The van der Waals surface area contributed by atoms with Crippen molar-refractivity contribution in [2.45, 2.75) is 202 Å². The summed E-state index contributed by atoms with van der Waals surface area (Å²) in [6.07, 6.45) is 0. The van der Waals surface area contributed by atoms with Crippen molar-refractivity contribution in [1.82, 2.24) is 0 Å². The smallest absolute Gasteiger partial charge is 0.252 e. The summed E-state index contributed by atoms with van der Waals surface area (Å²) in [5.74, 6) is 3.78. The van der Waals surface area contributed by atoms with E-state index in [4.69, 9.17) is 8.83 Å². The minimum absolute atomic E-state index is 0.0164. The lowest BCUT2D eigenvalue weighted by Gasteiger charge is -2.44. The Hall–Kier alpha value is -12.9. The molecule has 20 rings (SSSR count). The van der Waals surface area contributed by atoms with Gasteiger partial charge >= 0.3 is 0 Å². The van der Waals surface area contributed by atoms with Crippen LogP contribution in [-0.4, -0.2) is 6.71 Å². The summed E-state index contributed by atoms with van der Waals surface area (Å²) in [6.45, 7) is 50.9. The molecule has 0 bridgehead atoms. The Morgan fingerprint density at radius 2 is 0.783 bits per heavy atom. The molecule has 0 radical (unpaired) electrons. The van der Waals surface area contributed by atoms with Crippen molar-refractivity contribution in [3.63, 3.8) is 0 Å². The van der Waals surface area contributed by atoms with Gasteiger partial charge in [-0.25, -0.2) is 0 Å². The molecule has 4 heterocycles. The fourth-order valence-electron chi connectivity index (χ4n) is 21.2. The Kier molecular flexibility index (Phi) is 20.9. The van der Waals surface area contributed by atoms with E-state index in [-0.39, 0.29) is 56.0 Å². The van der Waals surface area contributed by atoms with Gasteiger partial charge in [0.05, 0.1) is 23.0 Å². The highest BCUT2D eigenvalue weighted by Crippen LogP contribution is 2.58. The zero-order valence-corrected chi connectivity index (χ0v) is 79.6. The lowest BCUT2D eigenvalue weighted by Crippen LogP contribution is -2.63. The molecule has 644 valence electrons. The summed E-state index contributed by atoms with van der Waals surface area (Å²) in [6, 6.07) is 125. The van der Waals surface area contributed by atoms with Gasteiger partial charge in [0, 0.05) is 89.5 Å². The van der Waals surface area contributed by atoms with Crippen molar-refractivity contribution in [2.24, 2.45) is 0 Å². The highest BCUT2D eigenvalue weighted by molar-refractivity contribution is 6.99. The van der Waals surface area contributed by atoms with Crippen LogP contribution in [0.15, 0.2) is 342 Å². The molecule has 14 aromatic carbocycles. The van der Waals surface area contributed by atoms with E-state index in [1.165, 1.54) is 150 Å². The molecule has 0 fully saturated rings. The van der Waals surface area contributed by atoms with E-state index in [0.29, 0.717) is 0 Å². The zero-order chi connectivity index (χ0) is 90.6. The third-order valence-electron chi connectivity index (χ3n) is 28.8. The molecule has 0 amide bonds. The topological polar surface area (TPSA) is 36.0 Å². The van der Waals surface area contributed by atoms with Crippen LogP contribution in [0.5, 0.6) is 0 Å². The number of hydrogen-bond donors (Lipinski definition) is 0. The minimum Gasteiger partial charge on any atom is -0.460 e. The molecular formula is C123H122BN3O2. The van der Waals surface area contributed by atoms with Crippen molar-refractivity contribution in [3.05, 3.63) is 428 Å². The summed E-state index contributed by atoms with van der Waals surface area (Å²) < 4.78 is 14.6. The number of aryl methyl sites for hydroxylation is 2. The molecule has 1 unspecified atom stereocenters. The summed E-state index contributed by atoms with van der Waals surface area (Å²) in [5.41, 5.74) is 39.8. The molecule has 2 aromatic heterocycles. The van der Waals surface area contributed by atoms with E-state index in [2.05, 4.69) is 501 Å². The molecule has 0 saturated carbocycles. The highest BCUT2D eigenvalue weighted by atomic mass is 16.4. The van der Waals surface area contributed by atoms with E-state index in [9.17, 15) is 0 Å². The average Bonchev–Trinajstić information content (AvgIpc) is 1.50. The molecule has 129 heavy (non-hydrogen) atoms. The third-order valence-corrected chi connectivity index (χ3v) is 28.8. The van der Waals surface area contributed by atoms with Gasteiger partial charge in [-0.05, 0) is 220 Å². The average molecular weight is 1690 g/mol. The standard InChI is InChI=1S/C62H60BNO.C61H62N2O/c1-38-34-47-53(40-26-28-41(29-27-40)59(2,3)4)58-56(54-57(65-58)45-24-18-19-25-48(45)62(54,10)11)63-49-32-30-44(61(8,9)42-22-16-13-17-23-42)37-51(49)64(52(35-38)55(47)63)50-33-31-43(60(5,6)7)36-46(50)39-20-14-12-15-21-39;1-41-35-49(39-50(36-41)63(47-32-29-43(30-33-47)58(2,3)4)56-40-54-57(64-56)51-27-18-19-28-53(51)61(54,10)11)62(48-26-20-25-46(37-48)60(8,9)44-23-16-13-17-24-44)55-34-31-45(59(5,6)7)38-52(55)42-21-14-12-15-22-42/h12-37,53H,1-11H3;12-40H,1-11H3. The normalized spacial score (nSPS) is 14.6. The van der Waals surface area contributed by atoms with Crippen LogP contribution in [0, 0.1) is 13.8 Å². The van der Waals surface area contributed by atoms with E-state index in [0.717, 1.165) is 57.2 Å². The van der Waals surface area contributed by atoms with Crippen molar-refractivity contribution in [2.75, 3.05) is 14.7 Å². The maximum atomic E-state index is 7.54. The third kappa shape index (κ3) is 14.9. The predicted molar refractivity (Wildman–Crippen MR) is 547 cm³/mol. The van der Waals surface area contributed by atoms with Crippen molar-refractivity contribution in [3.8, 4) is 44.9 Å². The first-order valence-corrected chi connectivity index (χ1v) is 46.5. The first-order chi connectivity index (χ1) is 61.3. The molecule has 0 spiro atoms. The lowest BCUT2D eigenvalue weighted by molar-refractivity contribution is 0.517. The molecule has 6 heteroatoms. The van der Waals surface area contributed by atoms with E-state index < -0.39 is 0 Å². The molecule has 2 aliphatic carbocycles. The van der Waals surface area contributed by atoms with E-state index in [1.807, 2.05) is 0 Å². The second kappa shape index (κ2) is 31.5. The van der Waals surface area contributed by atoms with Crippen molar-refractivity contribution >= 4 is 74.5 Å². The monoisotopic (exact) mass is 1680 g/mol. The van der Waals surface area contributed by atoms with Gasteiger partial charge in [-0.15, -0.1) is 0 Å². The number of furan rings is 2. The van der Waals surface area contributed by atoms with E-state index >= 15 is 0 Å². The van der Waals surface area contributed by atoms with Crippen LogP contribution in [-0.2, 0) is 43.3 Å². The van der Waals surface area contributed by atoms with Crippen LogP contribution in [0.4, 0.5) is 51.4 Å². The van der Waals surface area contributed by atoms with Crippen LogP contribution in [0.3, 0.4) is 0 Å². The number of rotatable bonds is 14. The van der Waals surface area contributed by atoms with Gasteiger partial charge in [0.2, 0.25) is 5.88 Å². The second-order valence-electron chi connectivity index (χ2n) is 43.1. The van der Waals surface area contributed by atoms with Crippen LogP contribution < -0.4 is 31.1 Å². The van der Waals surface area contributed by atoms with Gasteiger partial charge in [0.1, 0.15) is 17.3 Å². The largest absolute Gasteiger partial charge is 0.460 e. The Bertz CT molecular complexity index is 6970. The number of anilines is 9. The first kappa shape index (κ1) is 85.5. The fourth-order valence-corrected chi connectivity index (χ4v) is 21.2. The molecule has 5 nitrogen and oxygen atoms in total. The first-order valence-electron chi connectivity index (χ1n) is 46.5. The zero-order valence-electron chi connectivity index (χ0n) is 79.6. The Labute approximate surface area is 767 Å². The maximum Gasteiger partial charge on any atom is 0.252 e. The van der Waals surface area contributed by atoms with Crippen LogP contribution in [0.25, 0.3) is 44.9 Å². The molecule has 2 aliphatic heterocycles. The predicted octanol–water partition coefficient (Wildman–Crippen LogP) is 31.7. The second-order valence-corrected chi connectivity index (χ2v) is 43.1. The van der Waals surface area contributed by atoms with Crippen LogP contribution in [0.2, 0.25) is 0 Å². The molecule has 0 N–H and O–H groups in total.